The van der Waals surface area contributed by atoms with Gasteiger partial charge in [0.1, 0.15) is 5.75 Å². The molecule has 1 N–H and O–H groups in total. The van der Waals surface area contributed by atoms with Crippen molar-refractivity contribution in [2.45, 2.75) is 24.9 Å². The third-order valence-corrected chi connectivity index (χ3v) is 4.77. The van der Waals surface area contributed by atoms with Gasteiger partial charge in [0.2, 0.25) is 11.1 Å². The van der Waals surface area contributed by atoms with Crippen LogP contribution in [0.15, 0.2) is 58.2 Å². The molecule has 2 aromatic carbocycles. The molecule has 1 heterocycles. The molecule has 0 atom stereocenters. The zero-order valence-corrected chi connectivity index (χ0v) is 16.2. The molecule has 0 bridgehead atoms. The molecule has 0 saturated carbocycles. The molecule has 1 amide bonds. The number of thioether (sulfide) groups is 1. The van der Waals surface area contributed by atoms with Crippen molar-refractivity contribution in [3.63, 3.8) is 0 Å². The second-order valence-corrected chi connectivity index (χ2v) is 7.17. The summed E-state index contributed by atoms with van der Waals surface area (Å²) in [7, 11) is 1.61. The van der Waals surface area contributed by atoms with Crippen LogP contribution in [0.5, 0.6) is 5.75 Å². The molecule has 0 unspecified atom stereocenters. The highest BCUT2D eigenvalue weighted by Gasteiger charge is 2.12. The Balaban J connectivity index is 1.53. The molecule has 0 saturated heterocycles. The zero-order chi connectivity index (χ0) is 19.2. The number of amides is 1. The van der Waals surface area contributed by atoms with Gasteiger partial charge in [-0.15, -0.1) is 0 Å². The van der Waals surface area contributed by atoms with Gasteiger partial charge < -0.3 is 14.6 Å². The van der Waals surface area contributed by atoms with Gasteiger partial charge in [-0.3, -0.25) is 4.79 Å². The maximum Gasteiger partial charge on any atom is 0.258 e. The van der Waals surface area contributed by atoms with Gasteiger partial charge in [0.25, 0.3) is 5.89 Å². The van der Waals surface area contributed by atoms with Crippen LogP contribution in [-0.4, -0.2) is 28.9 Å². The van der Waals surface area contributed by atoms with E-state index in [1.807, 2.05) is 48.5 Å². The van der Waals surface area contributed by atoms with E-state index in [-0.39, 0.29) is 11.7 Å². The Morgan fingerprint density at radius 2 is 1.85 bits per heavy atom. The summed E-state index contributed by atoms with van der Waals surface area (Å²) < 4.78 is 10.4. The molecule has 3 rings (SSSR count). The van der Waals surface area contributed by atoms with Gasteiger partial charge in [-0.2, -0.15) is 4.98 Å². The first-order valence-corrected chi connectivity index (χ1v) is 9.54. The summed E-state index contributed by atoms with van der Waals surface area (Å²) in [6, 6.07) is 15.2. The van der Waals surface area contributed by atoms with E-state index in [0.717, 1.165) is 17.0 Å². The number of nitrogens with one attached hydrogen (secondary N) is 1. The lowest BCUT2D eigenvalue weighted by Crippen LogP contribution is -2.14. The van der Waals surface area contributed by atoms with E-state index in [0.29, 0.717) is 17.0 Å². The van der Waals surface area contributed by atoms with Crippen molar-refractivity contribution in [3.05, 3.63) is 54.1 Å². The fourth-order valence-corrected chi connectivity index (χ4v) is 2.97. The van der Waals surface area contributed by atoms with Crippen LogP contribution >= 0.6 is 11.8 Å². The first-order valence-electron chi connectivity index (χ1n) is 8.56. The third kappa shape index (κ3) is 5.10. The Bertz CT molecular complexity index is 890. The molecule has 0 aliphatic rings. The summed E-state index contributed by atoms with van der Waals surface area (Å²) in [5.74, 6) is 1.71. The van der Waals surface area contributed by atoms with E-state index in [9.17, 15) is 4.79 Å². The number of carbonyl (C=O) groups is 1. The molecule has 27 heavy (non-hydrogen) atoms. The fraction of sp³-hybridized carbons (Fsp3) is 0.250. The van der Waals surface area contributed by atoms with Crippen molar-refractivity contribution in [3.8, 4) is 17.2 Å². The second kappa shape index (κ2) is 8.73. The van der Waals surface area contributed by atoms with Crippen LogP contribution in [0.3, 0.4) is 0 Å². The van der Waals surface area contributed by atoms with Crippen molar-refractivity contribution >= 4 is 23.4 Å². The largest absolute Gasteiger partial charge is 0.497 e. The lowest BCUT2D eigenvalue weighted by molar-refractivity contribution is -0.113. The molecular weight excluding hydrogens is 362 g/mol. The van der Waals surface area contributed by atoms with Crippen LogP contribution in [0, 0.1) is 0 Å². The molecule has 140 valence electrons. The predicted octanol–water partition coefficient (Wildman–Crippen LogP) is 4.60. The van der Waals surface area contributed by atoms with Crippen LogP contribution in [0.2, 0.25) is 0 Å². The quantitative estimate of drug-likeness (QED) is 0.601. The van der Waals surface area contributed by atoms with E-state index in [1.54, 1.807) is 7.11 Å². The summed E-state index contributed by atoms with van der Waals surface area (Å²) in [5.41, 5.74) is 2.81. The number of benzene rings is 2. The van der Waals surface area contributed by atoms with Gasteiger partial charge in [-0.25, -0.2) is 0 Å². The zero-order valence-electron chi connectivity index (χ0n) is 15.4. The number of hydrogen-bond donors (Lipinski definition) is 1. The maximum absolute atomic E-state index is 12.1. The summed E-state index contributed by atoms with van der Waals surface area (Å²) in [6.07, 6.45) is 0. The van der Waals surface area contributed by atoms with Crippen LogP contribution in [0.1, 0.15) is 25.3 Å². The van der Waals surface area contributed by atoms with E-state index in [4.69, 9.17) is 9.26 Å². The van der Waals surface area contributed by atoms with Crippen LogP contribution < -0.4 is 10.1 Å². The number of anilines is 1. The molecule has 0 radical (unpaired) electrons. The molecule has 7 heteroatoms. The van der Waals surface area contributed by atoms with Crippen molar-refractivity contribution in [2.24, 2.45) is 0 Å². The highest BCUT2D eigenvalue weighted by molar-refractivity contribution is 7.99. The van der Waals surface area contributed by atoms with Crippen LogP contribution in [-0.2, 0) is 4.79 Å². The lowest BCUT2D eigenvalue weighted by Gasteiger charge is -2.07. The Kier molecular flexibility index (Phi) is 6.13. The van der Waals surface area contributed by atoms with Gasteiger partial charge in [0.05, 0.1) is 12.9 Å². The molecule has 0 spiro atoms. The minimum Gasteiger partial charge on any atom is -0.497 e. The average molecular weight is 383 g/mol. The molecule has 3 aromatic rings. The monoisotopic (exact) mass is 383 g/mol. The van der Waals surface area contributed by atoms with E-state index in [2.05, 4.69) is 29.3 Å². The normalized spacial score (nSPS) is 10.8. The van der Waals surface area contributed by atoms with Gasteiger partial charge in [-0.05, 0) is 53.0 Å². The third-order valence-electron chi connectivity index (χ3n) is 3.94. The van der Waals surface area contributed by atoms with Gasteiger partial charge in [0, 0.05) is 11.3 Å². The van der Waals surface area contributed by atoms with Crippen molar-refractivity contribution in [1.82, 2.24) is 10.1 Å². The highest BCUT2D eigenvalue weighted by atomic mass is 32.2. The molecular formula is C20H21N3O3S. The fourth-order valence-electron chi connectivity index (χ4n) is 2.40. The number of hydrogen-bond acceptors (Lipinski definition) is 6. The number of nitrogens with zero attached hydrogens (tertiary/aromatic N) is 2. The molecule has 0 aliphatic heterocycles. The molecule has 6 nitrogen and oxygen atoms in total. The first kappa shape index (κ1) is 19.0. The van der Waals surface area contributed by atoms with E-state index < -0.39 is 0 Å². The number of aromatic nitrogens is 2. The highest BCUT2D eigenvalue weighted by Crippen LogP contribution is 2.24. The number of carbonyl (C=O) groups excluding carboxylic acids is 1. The summed E-state index contributed by atoms with van der Waals surface area (Å²) in [4.78, 5) is 16.4. The van der Waals surface area contributed by atoms with Gasteiger partial charge in [-0.1, -0.05) is 37.7 Å². The Morgan fingerprint density at radius 3 is 2.48 bits per heavy atom. The SMILES string of the molecule is COc1ccc(-c2nc(SCC(=O)Nc3ccc(C(C)C)cc3)no2)cc1. The van der Waals surface area contributed by atoms with Gasteiger partial charge >= 0.3 is 0 Å². The summed E-state index contributed by atoms with van der Waals surface area (Å²) >= 11 is 1.23. The minimum atomic E-state index is -0.118. The van der Waals surface area contributed by atoms with Crippen LogP contribution in [0.4, 0.5) is 5.69 Å². The van der Waals surface area contributed by atoms with Crippen molar-refractivity contribution in [2.75, 3.05) is 18.2 Å². The summed E-state index contributed by atoms with van der Waals surface area (Å²) in [5, 5.41) is 7.20. The van der Waals surface area contributed by atoms with Gasteiger partial charge in [0.15, 0.2) is 0 Å². The molecule has 0 fully saturated rings. The first-order chi connectivity index (χ1) is 13.0. The Morgan fingerprint density at radius 1 is 1.15 bits per heavy atom. The van der Waals surface area contributed by atoms with E-state index in [1.165, 1.54) is 17.3 Å². The topological polar surface area (TPSA) is 77.2 Å². The average Bonchev–Trinajstić information content (AvgIpc) is 3.16. The lowest BCUT2D eigenvalue weighted by atomic mass is 10.0. The number of methoxy groups -OCH3 is 1. The standard InChI is InChI=1S/C20H21N3O3S/c1-13(2)14-4-8-16(9-5-14)21-18(24)12-27-20-22-19(26-23-20)15-6-10-17(25-3)11-7-15/h4-11,13H,12H2,1-3H3,(H,21,24). The van der Waals surface area contributed by atoms with E-state index >= 15 is 0 Å². The Labute approximate surface area is 162 Å². The smallest absolute Gasteiger partial charge is 0.258 e. The summed E-state index contributed by atoms with van der Waals surface area (Å²) in [6.45, 7) is 4.27. The molecule has 0 aliphatic carbocycles. The predicted molar refractivity (Wildman–Crippen MR) is 106 cm³/mol. The second-order valence-electron chi connectivity index (χ2n) is 6.22. The minimum absolute atomic E-state index is 0.118. The number of ether oxygens (including phenoxy) is 1. The van der Waals surface area contributed by atoms with Crippen molar-refractivity contribution < 1.29 is 14.1 Å². The maximum atomic E-state index is 12.1. The molecule has 1 aromatic heterocycles. The van der Waals surface area contributed by atoms with Crippen LogP contribution in [0.25, 0.3) is 11.5 Å². The van der Waals surface area contributed by atoms with Crippen molar-refractivity contribution in [1.29, 1.82) is 0 Å². The Hall–Kier alpha value is -2.80. The number of rotatable bonds is 7.